The molecule has 0 amide bonds. The molecule has 0 spiro atoms. The van der Waals surface area contributed by atoms with Gasteiger partial charge in [0.1, 0.15) is 5.75 Å². The van der Waals surface area contributed by atoms with Crippen LogP contribution >= 0.6 is 0 Å². The number of fused-ring (bicyclic) bond motifs is 1. The van der Waals surface area contributed by atoms with Gasteiger partial charge in [-0.1, -0.05) is 24.3 Å². The van der Waals surface area contributed by atoms with Crippen LogP contribution in [0.2, 0.25) is 0 Å². The second kappa shape index (κ2) is 10.2. The third-order valence-electron chi connectivity index (χ3n) is 4.91. The molecule has 1 atom stereocenters. The third-order valence-corrected chi connectivity index (χ3v) is 6.04. The monoisotopic (exact) mass is 454 g/mol. The molecule has 1 unspecified atom stereocenters. The van der Waals surface area contributed by atoms with Crippen molar-refractivity contribution in [1.82, 2.24) is 15.0 Å². The molecule has 2 aromatic heterocycles. The molecule has 31 heavy (non-hydrogen) atoms. The molecule has 10 heteroatoms. The van der Waals surface area contributed by atoms with Crippen LogP contribution in [0.1, 0.15) is 36.9 Å². The van der Waals surface area contributed by atoms with Gasteiger partial charge in [0.15, 0.2) is 6.61 Å². The SMILES string of the molecule is Cc1c(OCC(F)(F)F)ccnc1CS(=O)c1nc2ccccc2[n-]1.[NH3+]C1CCCC1. The number of imidazole rings is 1. The summed E-state index contributed by atoms with van der Waals surface area (Å²) in [6, 6.07) is 9.27. The van der Waals surface area contributed by atoms with Crippen LogP contribution in [0, 0.1) is 6.92 Å². The van der Waals surface area contributed by atoms with Gasteiger partial charge in [0, 0.05) is 16.9 Å². The van der Waals surface area contributed by atoms with Gasteiger partial charge in [-0.05, 0) is 49.7 Å². The standard InChI is InChI=1S/C16H13F3N3O2S.C5H11N/c1-10-13(20-7-6-14(10)24-9-16(17,18)19)8-25(23)15-21-11-4-2-3-5-12(11)22-15;6-5-3-1-2-4-5/h2-7H,8-9H2,1H3;5H,1-4,6H2/q-1;/p+1. The van der Waals surface area contributed by atoms with Crippen LogP contribution in [0.15, 0.2) is 41.7 Å². The van der Waals surface area contributed by atoms with Gasteiger partial charge in [-0.25, -0.2) is 0 Å². The van der Waals surface area contributed by atoms with Crippen molar-refractivity contribution < 1.29 is 27.9 Å². The highest BCUT2D eigenvalue weighted by Gasteiger charge is 2.28. The number of halogens is 3. The van der Waals surface area contributed by atoms with Crippen molar-refractivity contribution in [2.75, 3.05) is 6.61 Å². The van der Waals surface area contributed by atoms with Crippen LogP contribution < -0.4 is 15.5 Å². The molecule has 2 heterocycles. The molecule has 1 saturated carbocycles. The zero-order chi connectivity index (χ0) is 22.4. The fraction of sp³-hybridized carbons (Fsp3) is 0.429. The second-order valence-electron chi connectivity index (χ2n) is 7.42. The number of hydrogen-bond donors (Lipinski definition) is 1. The van der Waals surface area contributed by atoms with E-state index in [9.17, 15) is 17.4 Å². The number of nitrogens with zero attached hydrogens (tertiary/aromatic N) is 3. The summed E-state index contributed by atoms with van der Waals surface area (Å²) in [7, 11) is -1.57. The molecule has 1 aliphatic rings. The lowest BCUT2D eigenvalue weighted by molar-refractivity contribution is -0.417. The maximum atomic E-state index is 12.5. The van der Waals surface area contributed by atoms with Crippen molar-refractivity contribution in [3.8, 4) is 5.75 Å². The zero-order valence-electron chi connectivity index (χ0n) is 17.2. The number of ether oxygens (including phenoxy) is 1. The summed E-state index contributed by atoms with van der Waals surface area (Å²) in [6.07, 6.45) is 2.50. The van der Waals surface area contributed by atoms with Gasteiger partial charge in [-0.3, -0.25) is 9.19 Å². The summed E-state index contributed by atoms with van der Waals surface area (Å²) in [6.45, 7) is 0.186. The Morgan fingerprint density at radius 3 is 2.55 bits per heavy atom. The fourth-order valence-electron chi connectivity index (χ4n) is 3.21. The Morgan fingerprint density at radius 1 is 1.23 bits per heavy atom. The molecule has 1 aromatic carbocycles. The summed E-state index contributed by atoms with van der Waals surface area (Å²) < 4.78 is 54.2. The Balaban J connectivity index is 0.000000391. The molecule has 3 N–H and O–H groups in total. The van der Waals surface area contributed by atoms with E-state index in [2.05, 4.69) is 20.7 Å². The molecule has 1 aliphatic carbocycles. The van der Waals surface area contributed by atoms with Crippen molar-refractivity contribution in [2.45, 2.75) is 55.7 Å². The van der Waals surface area contributed by atoms with E-state index >= 15 is 0 Å². The van der Waals surface area contributed by atoms with Crippen LogP contribution in [0.4, 0.5) is 13.2 Å². The Kier molecular flexibility index (Phi) is 7.66. The lowest BCUT2D eigenvalue weighted by Crippen LogP contribution is -2.59. The summed E-state index contributed by atoms with van der Waals surface area (Å²) in [4.78, 5) is 12.5. The molecule has 4 rings (SSSR count). The minimum Gasteiger partial charge on any atom is -0.484 e. The van der Waals surface area contributed by atoms with Crippen LogP contribution in [0.5, 0.6) is 5.75 Å². The summed E-state index contributed by atoms with van der Waals surface area (Å²) in [5.74, 6) is 0.0543. The van der Waals surface area contributed by atoms with Gasteiger partial charge in [0.25, 0.3) is 0 Å². The van der Waals surface area contributed by atoms with E-state index in [-0.39, 0.29) is 16.7 Å². The van der Waals surface area contributed by atoms with E-state index in [0.717, 1.165) is 6.04 Å². The van der Waals surface area contributed by atoms with Crippen molar-refractivity contribution in [2.24, 2.45) is 0 Å². The van der Waals surface area contributed by atoms with Gasteiger partial charge in [0.05, 0.1) is 28.3 Å². The van der Waals surface area contributed by atoms with Gasteiger partial charge in [0.2, 0.25) is 0 Å². The minimum absolute atomic E-state index is 0.00856. The van der Waals surface area contributed by atoms with Crippen LogP contribution in [0.3, 0.4) is 0 Å². The molecular formula is C21H25F3N4O2S. The van der Waals surface area contributed by atoms with E-state index in [1.165, 1.54) is 37.9 Å². The lowest BCUT2D eigenvalue weighted by atomic mass is 10.2. The maximum absolute atomic E-state index is 12.5. The highest BCUT2D eigenvalue weighted by molar-refractivity contribution is 7.84. The average molecular weight is 455 g/mol. The second-order valence-corrected chi connectivity index (χ2v) is 8.76. The Morgan fingerprint density at radius 2 is 1.94 bits per heavy atom. The minimum atomic E-state index is -4.43. The molecule has 6 nitrogen and oxygen atoms in total. The van der Waals surface area contributed by atoms with E-state index in [1.807, 2.05) is 0 Å². The van der Waals surface area contributed by atoms with Crippen molar-refractivity contribution in [3.63, 3.8) is 0 Å². The van der Waals surface area contributed by atoms with E-state index in [0.29, 0.717) is 22.3 Å². The number of rotatable bonds is 5. The topological polar surface area (TPSA) is 93.8 Å². The average Bonchev–Trinajstić information content (AvgIpc) is 3.37. The predicted octanol–water partition coefficient (Wildman–Crippen LogP) is 3.32. The Bertz CT molecular complexity index is 1000. The highest BCUT2D eigenvalue weighted by atomic mass is 32.2. The summed E-state index contributed by atoms with van der Waals surface area (Å²) in [5.41, 5.74) is 6.01. The molecule has 1 fully saturated rings. The van der Waals surface area contributed by atoms with Gasteiger partial charge >= 0.3 is 6.18 Å². The van der Waals surface area contributed by atoms with Crippen molar-refractivity contribution in [3.05, 3.63) is 47.8 Å². The van der Waals surface area contributed by atoms with Gasteiger partial charge in [-0.15, -0.1) is 0 Å². The molecule has 0 aliphatic heterocycles. The van der Waals surface area contributed by atoms with Crippen molar-refractivity contribution >= 4 is 21.8 Å². The molecule has 0 bridgehead atoms. The largest absolute Gasteiger partial charge is 0.484 e. The van der Waals surface area contributed by atoms with Crippen LogP contribution in [0.25, 0.3) is 11.0 Å². The first-order chi connectivity index (χ1) is 14.7. The van der Waals surface area contributed by atoms with Gasteiger partial charge < -0.3 is 20.4 Å². The normalized spacial score (nSPS) is 15.5. The predicted molar refractivity (Wildman–Crippen MR) is 111 cm³/mol. The van der Waals surface area contributed by atoms with E-state index < -0.39 is 23.6 Å². The van der Waals surface area contributed by atoms with Gasteiger partial charge in [-0.2, -0.15) is 13.2 Å². The quantitative estimate of drug-likeness (QED) is 0.638. The number of pyridine rings is 1. The highest BCUT2D eigenvalue weighted by Crippen LogP contribution is 2.24. The number of quaternary nitrogens is 1. The first-order valence-electron chi connectivity index (χ1n) is 9.98. The van der Waals surface area contributed by atoms with E-state index in [4.69, 9.17) is 4.74 Å². The lowest BCUT2D eigenvalue weighted by Gasteiger charge is -2.13. The number of benzene rings is 1. The van der Waals surface area contributed by atoms with Crippen LogP contribution in [-0.2, 0) is 16.6 Å². The van der Waals surface area contributed by atoms with Crippen LogP contribution in [-0.4, -0.2) is 33.0 Å². The molecule has 3 aromatic rings. The Hall–Kier alpha value is -2.46. The number of alkyl halides is 3. The third kappa shape index (κ3) is 6.76. The fourth-order valence-corrected chi connectivity index (χ4v) is 4.27. The molecule has 0 radical (unpaired) electrons. The number of para-hydroxylation sites is 2. The Labute approximate surface area is 180 Å². The number of hydrogen-bond acceptors (Lipinski definition) is 4. The first kappa shape index (κ1) is 23.2. The molecule has 168 valence electrons. The first-order valence-corrected chi connectivity index (χ1v) is 11.3. The molecular weight excluding hydrogens is 429 g/mol. The zero-order valence-corrected chi connectivity index (χ0v) is 18.0. The summed E-state index contributed by atoms with van der Waals surface area (Å²) in [5, 5.41) is 0.170. The maximum Gasteiger partial charge on any atom is 0.422 e. The molecule has 0 saturated heterocycles. The van der Waals surface area contributed by atoms with Crippen molar-refractivity contribution in [1.29, 1.82) is 0 Å². The van der Waals surface area contributed by atoms with E-state index in [1.54, 1.807) is 31.2 Å². The number of aromatic nitrogens is 3. The summed E-state index contributed by atoms with van der Waals surface area (Å²) >= 11 is 0. The smallest absolute Gasteiger partial charge is 0.422 e.